The molecule has 0 spiro atoms. The number of aromatic nitrogens is 3. The fraction of sp³-hybridized carbons (Fsp3) is 0.261. The Hall–Kier alpha value is -2.86. The van der Waals surface area contributed by atoms with Gasteiger partial charge < -0.3 is 5.32 Å². The summed E-state index contributed by atoms with van der Waals surface area (Å²) in [5.41, 5.74) is 4.43. The molecule has 0 unspecified atom stereocenters. The second kappa shape index (κ2) is 9.56. The molecule has 0 fully saturated rings. The van der Waals surface area contributed by atoms with Crippen LogP contribution in [0.3, 0.4) is 0 Å². The first-order valence-electron chi connectivity index (χ1n) is 9.63. The quantitative estimate of drug-likeness (QED) is 0.433. The van der Waals surface area contributed by atoms with Crippen LogP contribution in [0.25, 0.3) is 17.1 Å². The number of benzene rings is 2. The molecule has 1 aromatic heterocycles. The number of para-hydroxylation sites is 1. The lowest BCUT2D eigenvalue weighted by molar-refractivity contribution is -0.118. The number of carbonyl (C=O) groups is 1. The van der Waals surface area contributed by atoms with Gasteiger partial charge in [0.15, 0.2) is 11.0 Å². The number of nitrogens with zero attached hydrogens (tertiary/aromatic N) is 3. The van der Waals surface area contributed by atoms with Crippen molar-refractivity contribution in [3.8, 4) is 17.1 Å². The average Bonchev–Trinajstić information content (AvgIpc) is 3.15. The van der Waals surface area contributed by atoms with Crippen LogP contribution in [0.4, 0.5) is 0 Å². The number of aryl methyl sites for hydroxylation is 1. The molecule has 6 heteroatoms. The average molecular weight is 407 g/mol. The fourth-order valence-electron chi connectivity index (χ4n) is 3.02. The molecule has 2 aromatic carbocycles. The minimum atomic E-state index is -0.0570. The third-order valence-corrected chi connectivity index (χ3v) is 5.45. The molecule has 3 aromatic rings. The van der Waals surface area contributed by atoms with E-state index in [-0.39, 0.29) is 11.7 Å². The molecule has 0 aliphatic carbocycles. The van der Waals surface area contributed by atoms with Crippen LogP contribution in [0.2, 0.25) is 0 Å². The van der Waals surface area contributed by atoms with Crippen molar-refractivity contribution >= 4 is 17.7 Å². The van der Waals surface area contributed by atoms with Gasteiger partial charge in [0.2, 0.25) is 5.91 Å². The van der Waals surface area contributed by atoms with Crippen LogP contribution in [0.5, 0.6) is 0 Å². The Labute approximate surface area is 176 Å². The first-order chi connectivity index (χ1) is 14.0. The second-order valence-corrected chi connectivity index (χ2v) is 8.05. The molecule has 0 saturated heterocycles. The third kappa shape index (κ3) is 4.95. The van der Waals surface area contributed by atoms with Gasteiger partial charge in [-0.25, -0.2) is 0 Å². The Bertz CT molecular complexity index is 992. The van der Waals surface area contributed by atoms with Crippen LogP contribution in [-0.2, 0) is 4.79 Å². The lowest BCUT2D eigenvalue weighted by Gasteiger charge is -2.17. The summed E-state index contributed by atoms with van der Waals surface area (Å²) in [6.45, 7) is 10.5. The van der Waals surface area contributed by atoms with Gasteiger partial charge in [0, 0.05) is 12.1 Å². The Morgan fingerprint density at radius 2 is 1.90 bits per heavy atom. The molecule has 5 nitrogen and oxygen atoms in total. The predicted octanol–water partition coefficient (Wildman–Crippen LogP) is 4.76. The van der Waals surface area contributed by atoms with Gasteiger partial charge in [-0.1, -0.05) is 79.7 Å². The number of carbonyl (C=O) groups excluding carboxylic acids is 1. The molecule has 29 heavy (non-hydrogen) atoms. The van der Waals surface area contributed by atoms with Crippen molar-refractivity contribution < 1.29 is 4.79 Å². The highest BCUT2D eigenvalue weighted by Crippen LogP contribution is 2.32. The normalized spacial score (nSPS) is 10.9. The number of amides is 1. The fourth-order valence-corrected chi connectivity index (χ4v) is 3.79. The molecule has 3 rings (SSSR count). The lowest BCUT2D eigenvalue weighted by Crippen LogP contribution is -2.25. The maximum Gasteiger partial charge on any atom is 0.230 e. The molecule has 150 valence electrons. The summed E-state index contributed by atoms with van der Waals surface area (Å²) >= 11 is 1.38. The molecular weight excluding hydrogens is 380 g/mol. The monoisotopic (exact) mass is 406 g/mol. The minimum Gasteiger partial charge on any atom is -0.352 e. The van der Waals surface area contributed by atoms with E-state index in [9.17, 15) is 4.79 Å². The lowest BCUT2D eigenvalue weighted by atomic mass is 10.0. The largest absolute Gasteiger partial charge is 0.352 e. The van der Waals surface area contributed by atoms with Crippen LogP contribution in [0, 0.1) is 6.92 Å². The molecule has 0 saturated carbocycles. The van der Waals surface area contributed by atoms with Crippen molar-refractivity contribution in [2.75, 3.05) is 12.3 Å². The van der Waals surface area contributed by atoms with Crippen molar-refractivity contribution in [2.45, 2.75) is 31.8 Å². The smallest absolute Gasteiger partial charge is 0.230 e. The van der Waals surface area contributed by atoms with Gasteiger partial charge in [0.05, 0.1) is 11.4 Å². The maximum atomic E-state index is 12.1. The molecule has 1 heterocycles. The third-order valence-electron chi connectivity index (χ3n) is 4.52. The number of hydrogen-bond acceptors (Lipinski definition) is 4. The van der Waals surface area contributed by atoms with Gasteiger partial charge in [-0.2, -0.15) is 0 Å². The molecule has 1 N–H and O–H groups in total. The first-order valence-corrected chi connectivity index (χ1v) is 10.6. The van der Waals surface area contributed by atoms with Crippen LogP contribution >= 0.6 is 11.8 Å². The number of hydrogen-bond donors (Lipinski definition) is 1. The van der Waals surface area contributed by atoms with Gasteiger partial charge in [-0.15, -0.1) is 16.8 Å². The Morgan fingerprint density at radius 1 is 1.17 bits per heavy atom. The van der Waals surface area contributed by atoms with Crippen molar-refractivity contribution in [3.05, 3.63) is 72.3 Å². The topological polar surface area (TPSA) is 59.8 Å². The van der Waals surface area contributed by atoms with E-state index >= 15 is 0 Å². The van der Waals surface area contributed by atoms with Gasteiger partial charge >= 0.3 is 0 Å². The number of rotatable bonds is 8. The molecule has 0 atom stereocenters. The van der Waals surface area contributed by atoms with E-state index in [1.54, 1.807) is 6.08 Å². The Morgan fingerprint density at radius 3 is 2.59 bits per heavy atom. The number of thioether (sulfide) groups is 1. The summed E-state index contributed by atoms with van der Waals surface area (Å²) in [5, 5.41) is 12.4. The molecular formula is C23H26N4OS. The van der Waals surface area contributed by atoms with E-state index in [1.165, 1.54) is 22.9 Å². The summed E-state index contributed by atoms with van der Waals surface area (Å²) in [5.74, 6) is 1.32. The highest BCUT2D eigenvalue weighted by Gasteiger charge is 2.20. The second-order valence-electron chi connectivity index (χ2n) is 7.10. The summed E-state index contributed by atoms with van der Waals surface area (Å²) in [7, 11) is 0. The van der Waals surface area contributed by atoms with E-state index in [0.717, 1.165) is 17.1 Å². The summed E-state index contributed by atoms with van der Waals surface area (Å²) in [4.78, 5) is 12.1. The van der Waals surface area contributed by atoms with Crippen LogP contribution in [-0.4, -0.2) is 33.0 Å². The highest BCUT2D eigenvalue weighted by atomic mass is 32.2. The van der Waals surface area contributed by atoms with Gasteiger partial charge in [-0.05, 0) is 24.5 Å². The minimum absolute atomic E-state index is 0.0570. The van der Waals surface area contributed by atoms with Crippen LogP contribution < -0.4 is 5.32 Å². The van der Waals surface area contributed by atoms with Gasteiger partial charge in [0.25, 0.3) is 0 Å². The van der Waals surface area contributed by atoms with E-state index in [0.29, 0.717) is 17.6 Å². The van der Waals surface area contributed by atoms with E-state index in [2.05, 4.69) is 83.8 Å². The van der Waals surface area contributed by atoms with Crippen molar-refractivity contribution in [2.24, 2.45) is 0 Å². The van der Waals surface area contributed by atoms with Crippen LogP contribution in [0.15, 0.2) is 66.3 Å². The molecule has 0 radical (unpaired) electrons. The molecule has 0 aliphatic heterocycles. The van der Waals surface area contributed by atoms with Crippen molar-refractivity contribution in [1.29, 1.82) is 0 Å². The standard InChI is InChI=1S/C23H26N4OS/c1-5-14-24-21(28)15-29-23-26-25-22(18-12-10-17(4)11-13-18)27(23)20-9-7-6-8-19(20)16(2)3/h5-13,16H,1,14-15H2,2-4H3,(H,24,28). The predicted molar refractivity (Wildman–Crippen MR) is 120 cm³/mol. The van der Waals surface area contributed by atoms with E-state index in [1.807, 2.05) is 12.1 Å². The van der Waals surface area contributed by atoms with Gasteiger partial charge in [-0.3, -0.25) is 9.36 Å². The van der Waals surface area contributed by atoms with E-state index < -0.39 is 0 Å². The summed E-state index contributed by atoms with van der Waals surface area (Å²) < 4.78 is 2.06. The van der Waals surface area contributed by atoms with Crippen LogP contribution in [0.1, 0.15) is 30.9 Å². The zero-order valence-electron chi connectivity index (χ0n) is 17.1. The SMILES string of the molecule is C=CCNC(=O)CSc1nnc(-c2ccc(C)cc2)n1-c1ccccc1C(C)C. The summed E-state index contributed by atoms with van der Waals surface area (Å²) in [6, 6.07) is 16.5. The maximum absolute atomic E-state index is 12.1. The zero-order valence-corrected chi connectivity index (χ0v) is 17.9. The van der Waals surface area contributed by atoms with E-state index in [4.69, 9.17) is 0 Å². The van der Waals surface area contributed by atoms with Crippen molar-refractivity contribution in [3.63, 3.8) is 0 Å². The Balaban J connectivity index is 2.05. The van der Waals surface area contributed by atoms with Gasteiger partial charge in [0.1, 0.15) is 0 Å². The zero-order chi connectivity index (χ0) is 20.8. The molecule has 0 bridgehead atoms. The number of nitrogens with one attached hydrogen (secondary N) is 1. The first kappa shape index (κ1) is 20.9. The molecule has 1 amide bonds. The highest BCUT2D eigenvalue weighted by molar-refractivity contribution is 7.99. The summed E-state index contributed by atoms with van der Waals surface area (Å²) in [6.07, 6.45) is 1.67. The Kier molecular flexibility index (Phi) is 6.88. The van der Waals surface area contributed by atoms with Crippen molar-refractivity contribution in [1.82, 2.24) is 20.1 Å². The molecule has 0 aliphatic rings.